The van der Waals surface area contributed by atoms with E-state index in [4.69, 9.17) is 4.74 Å². The lowest BCUT2D eigenvalue weighted by atomic mass is 10.1. The van der Waals surface area contributed by atoms with E-state index in [1.54, 1.807) is 41.2 Å². The van der Waals surface area contributed by atoms with Gasteiger partial charge in [0.05, 0.1) is 36.2 Å². The number of rotatable bonds is 6. The third-order valence-corrected chi connectivity index (χ3v) is 5.74. The number of H-pyrrole nitrogens is 1. The van der Waals surface area contributed by atoms with Gasteiger partial charge in [0.15, 0.2) is 0 Å². The van der Waals surface area contributed by atoms with E-state index in [0.717, 1.165) is 0 Å². The first-order chi connectivity index (χ1) is 15.4. The fourth-order valence-electron chi connectivity index (χ4n) is 4.08. The van der Waals surface area contributed by atoms with Gasteiger partial charge in [0, 0.05) is 19.0 Å². The molecule has 1 aliphatic heterocycles. The Kier molecular flexibility index (Phi) is 5.94. The number of methoxy groups -OCH3 is 1. The second-order valence-electron chi connectivity index (χ2n) is 8.17. The number of fused-ring (bicyclic) bond motifs is 1. The Hall–Kier alpha value is -3.68. The van der Waals surface area contributed by atoms with Gasteiger partial charge < -0.3 is 19.5 Å². The molecular weight excluding hydrogens is 408 g/mol. The van der Waals surface area contributed by atoms with E-state index < -0.39 is 5.92 Å². The molecule has 8 heteroatoms. The van der Waals surface area contributed by atoms with Gasteiger partial charge in [0.25, 0.3) is 5.56 Å². The van der Waals surface area contributed by atoms with Crippen LogP contribution >= 0.6 is 0 Å². The summed E-state index contributed by atoms with van der Waals surface area (Å²) in [6.45, 7) is 4.26. The number of nitrogens with one attached hydrogen (secondary N) is 1. The summed E-state index contributed by atoms with van der Waals surface area (Å²) in [6, 6.07) is 14.2. The van der Waals surface area contributed by atoms with Gasteiger partial charge in [-0.05, 0) is 38.1 Å². The van der Waals surface area contributed by atoms with Gasteiger partial charge in [0.1, 0.15) is 11.6 Å². The summed E-state index contributed by atoms with van der Waals surface area (Å²) in [5, 5.41) is 0.507. The first-order valence-electron chi connectivity index (χ1n) is 10.6. The van der Waals surface area contributed by atoms with Crippen molar-refractivity contribution < 1.29 is 14.3 Å². The Morgan fingerprint density at radius 2 is 1.91 bits per heavy atom. The molecular formula is C24H26N4O4. The number of carbonyl (C=O) groups is 2. The number of carbonyl (C=O) groups excluding carboxylic acids is 2. The monoisotopic (exact) mass is 434 g/mol. The van der Waals surface area contributed by atoms with Crippen LogP contribution in [0.2, 0.25) is 0 Å². The quantitative estimate of drug-likeness (QED) is 0.644. The van der Waals surface area contributed by atoms with Crippen LogP contribution in [0, 0.1) is 5.92 Å². The lowest BCUT2D eigenvalue weighted by Gasteiger charge is -2.29. The van der Waals surface area contributed by atoms with E-state index in [9.17, 15) is 14.4 Å². The van der Waals surface area contributed by atoms with E-state index >= 15 is 0 Å². The Balaban J connectivity index is 1.57. The van der Waals surface area contributed by atoms with Gasteiger partial charge in [0.2, 0.25) is 11.8 Å². The Morgan fingerprint density at radius 3 is 2.66 bits per heavy atom. The number of aromatic nitrogens is 2. The Labute approximate surface area is 185 Å². The number of nitrogens with zero attached hydrogens (tertiary/aromatic N) is 3. The molecule has 0 bridgehead atoms. The number of hydrogen-bond donors (Lipinski definition) is 1. The zero-order valence-corrected chi connectivity index (χ0v) is 18.4. The average molecular weight is 434 g/mol. The summed E-state index contributed by atoms with van der Waals surface area (Å²) in [6.07, 6.45) is 0.127. The average Bonchev–Trinajstić information content (AvgIpc) is 3.18. The molecule has 2 heterocycles. The van der Waals surface area contributed by atoms with Gasteiger partial charge in [-0.15, -0.1) is 0 Å². The Morgan fingerprint density at radius 1 is 1.19 bits per heavy atom. The van der Waals surface area contributed by atoms with Crippen LogP contribution in [0.15, 0.2) is 53.3 Å². The highest BCUT2D eigenvalue weighted by atomic mass is 16.5. The minimum absolute atomic E-state index is 0.117. The normalized spacial score (nSPS) is 16.1. The molecule has 2 aromatic carbocycles. The smallest absolute Gasteiger partial charge is 0.258 e. The summed E-state index contributed by atoms with van der Waals surface area (Å²) < 4.78 is 5.38. The number of hydrogen-bond acceptors (Lipinski definition) is 5. The van der Waals surface area contributed by atoms with Crippen LogP contribution in [0.3, 0.4) is 0 Å². The summed E-state index contributed by atoms with van der Waals surface area (Å²) in [5.74, 6) is 0.270. The second kappa shape index (κ2) is 8.82. The van der Waals surface area contributed by atoms with Gasteiger partial charge >= 0.3 is 0 Å². The van der Waals surface area contributed by atoms with Crippen molar-refractivity contribution in [3.8, 4) is 5.75 Å². The number of benzene rings is 2. The second-order valence-corrected chi connectivity index (χ2v) is 8.17. The molecule has 1 aliphatic rings. The molecule has 4 rings (SSSR count). The molecule has 1 saturated heterocycles. The van der Waals surface area contributed by atoms with Gasteiger partial charge in [-0.2, -0.15) is 0 Å². The zero-order valence-electron chi connectivity index (χ0n) is 18.4. The van der Waals surface area contributed by atoms with Crippen LogP contribution in [0.5, 0.6) is 5.75 Å². The molecule has 32 heavy (non-hydrogen) atoms. The number of ether oxygens (including phenoxy) is 1. The third kappa shape index (κ3) is 4.08. The molecule has 1 N–H and O–H groups in total. The SMILES string of the molecule is COc1ccccc1N1CC(C(=O)N(Cc2nc3ccccc3c(=O)[nH]2)C(C)C)CC1=O. The predicted molar refractivity (Wildman–Crippen MR) is 122 cm³/mol. The fraction of sp³-hybridized carbons (Fsp3) is 0.333. The highest BCUT2D eigenvalue weighted by Gasteiger charge is 2.38. The summed E-state index contributed by atoms with van der Waals surface area (Å²) in [4.78, 5) is 49.2. The van der Waals surface area contributed by atoms with Gasteiger partial charge in [-0.3, -0.25) is 14.4 Å². The summed E-state index contributed by atoms with van der Waals surface area (Å²) in [7, 11) is 1.56. The maximum atomic E-state index is 13.4. The van der Waals surface area contributed by atoms with Crippen LogP contribution in [0.1, 0.15) is 26.1 Å². The van der Waals surface area contributed by atoms with Crippen LogP contribution in [0.25, 0.3) is 10.9 Å². The maximum absolute atomic E-state index is 13.4. The molecule has 1 fully saturated rings. The molecule has 0 radical (unpaired) electrons. The first kappa shape index (κ1) is 21.5. The highest BCUT2D eigenvalue weighted by Crippen LogP contribution is 2.33. The van der Waals surface area contributed by atoms with Crippen LogP contribution in [-0.2, 0) is 16.1 Å². The Bertz CT molecular complexity index is 1220. The summed E-state index contributed by atoms with van der Waals surface area (Å²) >= 11 is 0. The van der Waals surface area contributed by atoms with Crippen LogP contribution < -0.4 is 15.2 Å². The predicted octanol–water partition coefficient (Wildman–Crippen LogP) is 2.72. The lowest BCUT2D eigenvalue weighted by molar-refractivity contribution is -0.138. The first-order valence-corrected chi connectivity index (χ1v) is 10.6. The number of aromatic amines is 1. The maximum Gasteiger partial charge on any atom is 0.258 e. The van der Waals surface area contributed by atoms with Crippen molar-refractivity contribution in [1.29, 1.82) is 0 Å². The molecule has 0 saturated carbocycles. The summed E-state index contributed by atoms with van der Waals surface area (Å²) in [5.41, 5.74) is 1.01. The molecule has 0 aliphatic carbocycles. The van der Waals surface area contributed by atoms with Crippen molar-refractivity contribution in [1.82, 2.24) is 14.9 Å². The minimum atomic E-state index is -0.484. The topological polar surface area (TPSA) is 95.6 Å². The van der Waals surface area contributed by atoms with Crippen LogP contribution in [-0.4, -0.2) is 46.4 Å². The molecule has 8 nitrogen and oxygen atoms in total. The molecule has 1 aromatic heterocycles. The zero-order chi connectivity index (χ0) is 22.8. The fourth-order valence-corrected chi connectivity index (χ4v) is 4.08. The van der Waals surface area contributed by atoms with Crippen molar-refractivity contribution in [3.63, 3.8) is 0 Å². The number of para-hydroxylation sites is 3. The largest absolute Gasteiger partial charge is 0.495 e. The highest BCUT2D eigenvalue weighted by molar-refractivity contribution is 6.01. The van der Waals surface area contributed by atoms with E-state index in [1.165, 1.54) is 0 Å². The van der Waals surface area contributed by atoms with Crippen molar-refractivity contribution in [2.45, 2.75) is 32.9 Å². The van der Waals surface area contributed by atoms with Crippen molar-refractivity contribution in [2.75, 3.05) is 18.6 Å². The minimum Gasteiger partial charge on any atom is -0.495 e. The lowest BCUT2D eigenvalue weighted by Crippen LogP contribution is -2.42. The molecule has 1 unspecified atom stereocenters. The molecule has 3 aromatic rings. The van der Waals surface area contributed by atoms with Gasteiger partial charge in [-0.1, -0.05) is 24.3 Å². The number of anilines is 1. The van der Waals surface area contributed by atoms with Crippen molar-refractivity contribution in [2.24, 2.45) is 5.92 Å². The molecule has 2 amide bonds. The standard InChI is InChI=1S/C24H26N4O4/c1-15(2)27(14-21-25-18-9-5-4-8-17(18)23(30)26-21)24(31)16-12-22(29)28(13-16)19-10-6-7-11-20(19)32-3/h4-11,15-16H,12-14H2,1-3H3,(H,25,26,30). The van der Waals surface area contributed by atoms with E-state index in [0.29, 0.717) is 28.2 Å². The van der Waals surface area contributed by atoms with E-state index in [-0.39, 0.29) is 42.9 Å². The van der Waals surface area contributed by atoms with Gasteiger partial charge in [-0.25, -0.2) is 4.98 Å². The third-order valence-electron chi connectivity index (χ3n) is 5.74. The molecule has 0 spiro atoms. The molecule has 166 valence electrons. The van der Waals surface area contributed by atoms with E-state index in [1.807, 2.05) is 38.1 Å². The van der Waals surface area contributed by atoms with E-state index in [2.05, 4.69) is 9.97 Å². The number of amides is 2. The molecule has 1 atom stereocenters. The van der Waals surface area contributed by atoms with Crippen LogP contribution in [0.4, 0.5) is 5.69 Å². The van der Waals surface area contributed by atoms with Crippen molar-refractivity contribution >= 4 is 28.4 Å². The van der Waals surface area contributed by atoms with Crippen molar-refractivity contribution in [3.05, 3.63) is 64.7 Å².